The van der Waals surface area contributed by atoms with Gasteiger partial charge in [-0.3, -0.25) is 4.79 Å². The molecule has 1 heterocycles. The number of ether oxygens (including phenoxy) is 2. The van der Waals surface area contributed by atoms with Gasteiger partial charge in [0, 0.05) is 12.5 Å². The lowest BCUT2D eigenvalue weighted by molar-refractivity contribution is 0.0471. The van der Waals surface area contributed by atoms with Crippen molar-refractivity contribution in [1.82, 2.24) is 0 Å². The summed E-state index contributed by atoms with van der Waals surface area (Å²) >= 11 is 0. The van der Waals surface area contributed by atoms with Gasteiger partial charge in [-0.2, -0.15) is 0 Å². The largest absolute Gasteiger partial charge is 0.496 e. The maximum absolute atomic E-state index is 13.0. The van der Waals surface area contributed by atoms with Crippen LogP contribution in [0.5, 0.6) is 5.75 Å². The Morgan fingerprint density at radius 1 is 1.15 bits per heavy atom. The maximum atomic E-state index is 13.0. The van der Waals surface area contributed by atoms with Crippen LogP contribution in [0.15, 0.2) is 51.7 Å². The van der Waals surface area contributed by atoms with Gasteiger partial charge in [-0.25, -0.2) is 9.18 Å². The van der Waals surface area contributed by atoms with Gasteiger partial charge in [-0.1, -0.05) is 6.92 Å². The molecule has 2 aromatic carbocycles. The van der Waals surface area contributed by atoms with E-state index in [1.165, 1.54) is 37.4 Å². The molecule has 0 aliphatic carbocycles. The summed E-state index contributed by atoms with van der Waals surface area (Å²) in [6, 6.07) is 9.74. The first-order valence-corrected chi connectivity index (χ1v) is 8.08. The highest BCUT2D eigenvalue weighted by molar-refractivity contribution is 5.89. The number of methoxy groups -OCH3 is 1. The van der Waals surface area contributed by atoms with Crippen LogP contribution in [0.25, 0.3) is 11.0 Å². The van der Waals surface area contributed by atoms with Crippen molar-refractivity contribution in [3.8, 4) is 5.75 Å². The summed E-state index contributed by atoms with van der Waals surface area (Å²) < 4.78 is 29.4. The summed E-state index contributed by atoms with van der Waals surface area (Å²) in [7, 11) is 1.48. The maximum Gasteiger partial charge on any atom is 0.338 e. The molecule has 0 aliphatic rings. The number of aryl methyl sites for hydroxylation is 1. The molecule has 0 aliphatic heterocycles. The summed E-state index contributed by atoms with van der Waals surface area (Å²) in [6.07, 6.45) is 0.553. The van der Waals surface area contributed by atoms with Crippen LogP contribution in [-0.2, 0) is 17.8 Å². The molecule has 5 nitrogen and oxygen atoms in total. The Bertz CT molecular complexity index is 1010. The van der Waals surface area contributed by atoms with Crippen LogP contribution in [0, 0.1) is 5.82 Å². The van der Waals surface area contributed by atoms with E-state index in [-0.39, 0.29) is 17.6 Å². The Labute approximate surface area is 149 Å². The molecule has 0 radical (unpaired) electrons. The van der Waals surface area contributed by atoms with E-state index in [0.29, 0.717) is 34.5 Å². The molecular formula is C20H17FO5. The summed E-state index contributed by atoms with van der Waals surface area (Å²) in [4.78, 5) is 24.4. The zero-order valence-electron chi connectivity index (χ0n) is 14.4. The molecular weight excluding hydrogens is 339 g/mol. The number of fused-ring (bicyclic) bond motifs is 1. The highest BCUT2D eigenvalue weighted by atomic mass is 19.1. The van der Waals surface area contributed by atoms with Crippen LogP contribution in [0.4, 0.5) is 4.39 Å². The van der Waals surface area contributed by atoms with Crippen LogP contribution >= 0.6 is 0 Å². The molecule has 3 aromatic rings. The van der Waals surface area contributed by atoms with Crippen LogP contribution in [0.2, 0.25) is 0 Å². The number of hydrogen-bond donors (Lipinski definition) is 0. The molecule has 0 spiro atoms. The molecule has 6 heteroatoms. The quantitative estimate of drug-likeness (QED) is 0.650. The third-order valence-corrected chi connectivity index (χ3v) is 4.00. The Hall–Kier alpha value is -3.15. The van der Waals surface area contributed by atoms with Gasteiger partial charge in [-0.05, 0) is 36.4 Å². The number of halogens is 1. The number of rotatable bonds is 5. The number of esters is 1. The molecule has 1 aromatic heterocycles. The van der Waals surface area contributed by atoms with E-state index in [9.17, 15) is 14.0 Å². The molecule has 0 N–H and O–H groups in total. The highest BCUT2D eigenvalue weighted by Crippen LogP contribution is 2.28. The van der Waals surface area contributed by atoms with Gasteiger partial charge in [0.05, 0.1) is 23.6 Å². The van der Waals surface area contributed by atoms with E-state index in [0.717, 1.165) is 0 Å². The standard InChI is InChI=1S/C20H17FO5/c1-3-14-10-17(22)15-8-9-18(24-2)16(19(15)26-14)11-25-20(23)12-4-6-13(21)7-5-12/h4-10H,3,11H2,1-2H3. The number of hydrogen-bond acceptors (Lipinski definition) is 5. The third-order valence-electron chi connectivity index (χ3n) is 4.00. The summed E-state index contributed by atoms with van der Waals surface area (Å²) in [6.45, 7) is 1.73. The fourth-order valence-corrected chi connectivity index (χ4v) is 2.61. The summed E-state index contributed by atoms with van der Waals surface area (Å²) in [5, 5.41) is 0.385. The van der Waals surface area contributed by atoms with Crippen molar-refractivity contribution < 1.29 is 23.1 Å². The average Bonchev–Trinajstić information content (AvgIpc) is 2.66. The van der Waals surface area contributed by atoms with Crippen LogP contribution in [-0.4, -0.2) is 13.1 Å². The molecule has 0 bridgehead atoms. The molecule has 0 fully saturated rings. The van der Waals surface area contributed by atoms with Crippen LogP contribution < -0.4 is 10.2 Å². The summed E-state index contributed by atoms with van der Waals surface area (Å²) in [5.41, 5.74) is 0.853. The van der Waals surface area contributed by atoms with Crippen molar-refractivity contribution >= 4 is 16.9 Å². The average molecular weight is 356 g/mol. The van der Waals surface area contributed by atoms with E-state index in [4.69, 9.17) is 13.9 Å². The van der Waals surface area contributed by atoms with E-state index < -0.39 is 11.8 Å². The van der Waals surface area contributed by atoms with Crippen LogP contribution in [0.1, 0.15) is 28.6 Å². The van der Waals surface area contributed by atoms with E-state index >= 15 is 0 Å². The second-order valence-corrected chi connectivity index (χ2v) is 5.64. The van der Waals surface area contributed by atoms with Gasteiger partial charge in [0.2, 0.25) is 0 Å². The molecule has 3 rings (SSSR count). The first-order valence-electron chi connectivity index (χ1n) is 8.08. The van der Waals surface area contributed by atoms with Crippen molar-refractivity contribution in [3.05, 3.63) is 75.4 Å². The molecule has 0 unspecified atom stereocenters. The van der Waals surface area contributed by atoms with Crippen LogP contribution in [0.3, 0.4) is 0 Å². The fourth-order valence-electron chi connectivity index (χ4n) is 2.61. The lowest BCUT2D eigenvalue weighted by Gasteiger charge is -2.12. The van der Waals surface area contributed by atoms with Gasteiger partial charge in [0.25, 0.3) is 0 Å². The third kappa shape index (κ3) is 3.44. The molecule has 134 valence electrons. The molecule has 0 amide bonds. The fraction of sp³-hybridized carbons (Fsp3) is 0.200. The Kier molecular flexibility index (Phi) is 5.02. The number of benzene rings is 2. The van der Waals surface area contributed by atoms with Crippen molar-refractivity contribution in [2.45, 2.75) is 20.0 Å². The Morgan fingerprint density at radius 2 is 1.88 bits per heavy atom. The molecule has 0 saturated heterocycles. The van der Waals surface area contributed by atoms with E-state index in [1.807, 2.05) is 6.92 Å². The SMILES string of the molecule is CCc1cc(=O)c2ccc(OC)c(COC(=O)c3ccc(F)cc3)c2o1. The van der Waals surface area contributed by atoms with Crippen molar-refractivity contribution in [1.29, 1.82) is 0 Å². The zero-order valence-corrected chi connectivity index (χ0v) is 14.4. The minimum Gasteiger partial charge on any atom is -0.496 e. The molecule has 0 saturated carbocycles. The predicted octanol–water partition coefficient (Wildman–Crippen LogP) is 3.86. The molecule has 26 heavy (non-hydrogen) atoms. The summed E-state index contributed by atoms with van der Waals surface area (Å²) in [5.74, 6) is -0.0770. The van der Waals surface area contributed by atoms with E-state index in [1.54, 1.807) is 12.1 Å². The number of carbonyl (C=O) groups excluding carboxylic acids is 1. The minimum absolute atomic E-state index is 0.146. The van der Waals surface area contributed by atoms with E-state index in [2.05, 4.69) is 0 Å². The normalized spacial score (nSPS) is 10.7. The van der Waals surface area contributed by atoms with Gasteiger partial charge in [0.15, 0.2) is 5.43 Å². The zero-order chi connectivity index (χ0) is 18.7. The smallest absolute Gasteiger partial charge is 0.338 e. The Morgan fingerprint density at radius 3 is 2.54 bits per heavy atom. The Balaban J connectivity index is 1.97. The van der Waals surface area contributed by atoms with Gasteiger partial charge >= 0.3 is 5.97 Å². The van der Waals surface area contributed by atoms with Crippen molar-refractivity contribution in [2.75, 3.05) is 7.11 Å². The van der Waals surface area contributed by atoms with Gasteiger partial charge in [-0.15, -0.1) is 0 Å². The lowest BCUT2D eigenvalue weighted by Crippen LogP contribution is -2.09. The van der Waals surface area contributed by atoms with Gasteiger partial charge < -0.3 is 13.9 Å². The van der Waals surface area contributed by atoms with Crippen molar-refractivity contribution in [2.24, 2.45) is 0 Å². The van der Waals surface area contributed by atoms with Gasteiger partial charge in [0.1, 0.15) is 29.5 Å². The van der Waals surface area contributed by atoms with Crippen molar-refractivity contribution in [3.63, 3.8) is 0 Å². The first kappa shape index (κ1) is 17.7. The molecule has 0 atom stereocenters. The second kappa shape index (κ2) is 7.39. The lowest BCUT2D eigenvalue weighted by atomic mass is 10.1. The first-order chi connectivity index (χ1) is 12.5. The topological polar surface area (TPSA) is 65.7 Å². The monoisotopic (exact) mass is 356 g/mol. The predicted molar refractivity (Wildman–Crippen MR) is 93.9 cm³/mol. The highest BCUT2D eigenvalue weighted by Gasteiger charge is 2.16. The number of carbonyl (C=O) groups is 1. The second-order valence-electron chi connectivity index (χ2n) is 5.64. The minimum atomic E-state index is -0.613.